The van der Waals surface area contributed by atoms with Crippen LogP contribution in [-0.2, 0) is 0 Å². The minimum atomic E-state index is 0.457. The summed E-state index contributed by atoms with van der Waals surface area (Å²) in [6, 6.07) is 9.48. The van der Waals surface area contributed by atoms with Crippen molar-refractivity contribution in [3.63, 3.8) is 0 Å². The highest BCUT2D eigenvalue weighted by Crippen LogP contribution is 2.23. The number of hydrogen-bond donors (Lipinski definition) is 1. The van der Waals surface area contributed by atoms with E-state index in [-0.39, 0.29) is 0 Å². The van der Waals surface area contributed by atoms with E-state index in [1.807, 2.05) is 11.8 Å². The number of thioether (sulfide) groups is 1. The van der Waals surface area contributed by atoms with Crippen LogP contribution in [0, 0.1) is 5.92 Å². The molecule has 1 aromatic carbocycles. The van der Waals surface area contributed by atoms with Gasteiger partial charge < -0.3 is 5.32 Å². The van der Waals surface area contributed by atoms with Crippen LogP contribution in [0.5, 0.6) is 0 Å². The SMILES string of the molecule is CCCNC(C)c1ccc(SCC(C)CC)cc1. The second kappa shape index (κ2) is 8.60. The van der Waals surface area contributed by atoms with Gasteiger partial charge in [0.15, 0.2) is 0 Å². The lowest BCUT2D eigenvalue weighted by molar-refractivity contribution is 0.570. The Bertz CT molecular complexity index is 320. The Morgan fingerprint density at radius 2 is 1.78 bits per heavy atom. The van der Waals surface area contributed by atoms with Gasteiger partial charge in [-0.2, -0.15) is 0 Å². The minimum Gasteiger partial charge on any atom is -0.310 e. The molecule has 1 aromatic rings. The van der Waals surface area contributed by atoms with E-state index in [1.165, 1.54) is 29.1 Å². The first-order valence-corrected chi connectivity index (χ1v) is 8.12. The van der Waals surface area contributed by atoms with Crippen molar-refractivity contribution in [1.82, 2.24) is 5.32 Å². The van der Waals surface area contributed by atoms with E-state index >= 15 is 0 Å². The van der Waals surface area contributed by atoms with Crippen molar-refractivity contribution < 1.29 is 0 Å². The average Bonchev–Trinajstić information content (AvgIpc) is 2.42. The first kappa shape index (κ1) is 15.6. The fourth-order valence-electron chi connectivity index (χ4n) is 1.69. The summed E-state index contributed by atoms with van der Waals surface area (Å²) in [6.07, 6.45) is 2.45. The largest absolute Gasteiger partial charge is 0.310 e. The molecule has 1 nitrogen and oxygen atoms in total. The Kier molecular flexibility index (Phi) is 7.45. The third kappa shape index (κ3) is 5.45. The van der Waals surface area contributed by atoms with Crippen LogP contribution in [0.25, 0.3) is 0 Å². The van der Waals surface area contributed by atoms with Crippen molar-refractivity contribution in [1.29, 1.82) is 0 Å². The van der Waals surface area contributed by atoms with Gasteiger partial charge in [-0.05, 0) is 43.5 Å². The van der Waals surface area contributed by atoms with Crippen molar-refractivity contribution in [3.8, 4) is 0 Å². The van der Waals surface area contributed by atoms with Gasteiger partial charge in [0.25, 0.3) is 0 Å². The molecule has 102 valence electrons. The first-order valence-electron chi connectivity index (χ1n) is 7.13. The van der Waals surface area contributed by atoms with E-state index in [4.69, 9.17) is 0 Å². The second-order valence-corrected chi connectivity index (χ2v) is 6.16. The first-order chi connectivity index (χ1) is 8.67. The Morgan fingerprint density at radius 3 is 2.33 bits per heavy atom. The van der Waals surface area contributed by atoms with Gasteiger partial charge >= 0.3 is 0 Å². The zero-order valence-electron chi connectivity index (χ0n) is 12.2. The molecule has 2 unspecified atom stereocenters. The van der Waals surface area contributed by atoms with Crippen LogP contribution in [0.3, 0.4) is 0 Å². The van der Waals surface area contributed by atoms with Crippen LogP contribution in [0.4, 0.5) is 0 Å². The van der Waals surface area contributed by atoms with Crippen molar-refractivity contribution in [3.05, 3.63) is 29.8 Å². The summed E-state index contributed by atoms with van der Waals surface area (Å²) in [4.78, 5) is 1.39. The zero-order valence-corrected chi connectivity index (χ0v) is 13.0. The fourth-order valence-corrected chi connectivity index (χ4v) is 2.73. The highest BCUT2D eigenvalue weighted by molar-refractivity contribution is 7.99. The van der Waals surface area contributed by atoms with Gasteiger partial charge in [0, 0.05) is 16.7 Å². The summed E-state index contributed by atoms with van der Waals surface area (Å²) in [5.41, 5.74) is 1.39. The lowest BCUT2D eigenvalue weighted by atomic mass is 10.1. The molecule has 0 fully saturated rings. The number of rotatable bonds is 8. The maximum atomic E-state index is 3.52. The molecule has 0 spiro atoms. The maximum absolute atomic E-state index is 3.52. The lowest BCUT2D eigenvalue weighted by Gasteiger charge is -2.14. The standard InChI is InChI=1S/C16H27NS/c1-5-11-17-14(4)15-7-9-16(10-8-15)18-12-13(3)6-2/h7-10,13-14,17H,5-6,11-12H2,1-4H3. The maximum Gasteiger partial charge on any atom is 0.0291 e. The molecule has 18 heavy (non-hydrogen) atoms. The molecular weight excluding hydrogens is 238 g/mol. The molecule has 2 atom stereocenters. The van der Waals surface area contributed by atoms with Gasteiger partial charge in [-0.25, -0.2) is 0 Å². The molecule has 1 N–H and O–H groups in total. The zero-order chi connectivity index (χ0) is 13.4. The predicted molar refractivity (Wildman–Crippen MR) is 83.3 cm³/mol. The monoisotopic (exact) mass is 265 g/mol. The number of hydrogen-bond acceptors (Lipinski definition) is 2. The highest BCUT2D eigenvalue weighted by atomic mass is 32.2. The lowest BCUT2D eigenvalue weighted by Crippen LogP contribution is -2.19. The summed E-state index contributed by atoms with van der Waals surface area (Å²) < 4.78 is 0. The van der Waals surface area contributed by atoms with Crippen molar-refractivity contribution in [2.75, 3.05) is 12.3 Å². The number of nitrogens with one attached hydrogen (secondary N) is 1. The van der Waals surface area contributed by atoms with Gasteiger partial charge in [0.1, 0.15) is 0 Å². The van der Waals surface area contributed by atoms with Crippen LogP contribution in [0.15, 0.2) is 29.2 Å². The molecule has 0 bridgehead atoms. The van der Waals surface area contributed by atoms with E-state index in [2.05, 4.69) is 57.3 Å². The molecule has 0 radical (unpaired) electrons. The smallest absolute Gasteiger partial charge is 0.0291 e. The minimum absolute atomic E-state index is 0.457. The Labute approximate surface area is 117 Å². The predicted octanol–water partition coefficient (Wildman–Crippen LogP) is 4.89. The Morgan fingerprint density at radius 1 is 1.11 bits per heavy atom. The molecule has 0 aromatic heterocycles. The van der Waals surface area contributed by atoms with E-state index in [0.29, 0.717) is 6.04 Å². The molecule has 0 aliphatic carbocycles. The topological polar surface area (TPSA) is 12.0 Å². The molecule has 0 aliphatic heterocycles. The van der Waals surface area contributed by atoms with Gasteiger partial charge in [0.2, 0.25) is 0 Å². The third-order valence-corrected chi connectivity index (χ3v) is 4.65. The van der Waals surface area contributed by atoms with E-state index in [9.17, 15) is 0 Å². The molecule has 0 heterocycles. The van der Waals surface area contributed by atoms with E-state index in [0.717, 1.165) is 12.5 Å². The average molecular weight is 265 g/mol. The summed E-state index contributed by atoms with van der Waals surface area (Å²) in [5.74, 6) is 2.03. The van der Waals surface area contributed by atoms with Gasteiger partial charge in [0.05, 0.1) is 0 Å². The molecule has 1 rings (SSSR count). The molecule has 2 heteroatoms. The molecule has 0 saturated carbocycles. The van der Waals surface area contributed by atoms with Crippen molar-refractivity contribution in [2.24, 2.45) is 5.92 Å². The van der Waals surface area contributed by atoms with Crippen LogP contribution < -0.4 is 5.32 Å². The third-order valence-electron chi connectivity index (χ3n) is 3.31. The van der Waals surface area contributed by atoms with Gasteiger partial charge in [-0.15, -0.1) is 11.8 Å². The fraction of sp³-hybridized carbons (Fsp3) is 0.625. The molecule has 0 amide bonds. The second-order valence-electron chi connectivity index (χ2n) is 5.07. The highest BCUT2D eigenvalue weighted by Gasteiger charge is 2.05. The summed E-state index contributed by atoms with van der Waals surface area (Å²) >= 11 is 1.97. The van der Waals surface area contributed by atoms with Crippen LogP contribution in [0.1, 0.15) is 52.1 Å². The Balaban J connectivity index is 2.46. The Hall–Kier alpha value is -0.470. The summed E-state index contributed by atoms with van der Waals surface area (Å²) in [7, 11) is 0. The van der Waals surface area contributed by atoms with Gasteiger partial charge in [-0.3, -0.25) is 0 Å². The molecule has 0 saturated heterocycles. The molecule has 0 aliphatic rings. The van der Waals surface area contributed by atoms with Crippen molar-refractivity contribution >= 4 is 11.8 Å². The number of benzene rings is 1. The van der Waals surface area contributed by atoms with Crippen LogP contribution >= 0.6 is 11.8 Å². The summed E-state index contributed by atoms with van der Waals surface area (Å²) in [5, 5.41) is 3.52. The quantitative estimate of drug-likeness (QED) is 0.672. The van der Waals surface area contributed by atoms with Crippen LogP contribution in [0.2, 0.25) is 0 Å². The van der Waals surface area contributed by atoms with E-state index in [1.54, 1.807) is 0 Å². The van der Waals surface area contributed by atoms with Crippen LogP contribution in [-0.4, -0.2) is 12.3 Å². The normalized spacial score (nSPS) is 14.4. The molecular formula is C16H27NS. The van der Waals surface area contributed by atoms with E-state index < -0.39 is 0 Å². The summed E-state index contributed by atoms with van der Waals surface area (Å²) in [6.45, 7) is 10.1. The van der Waals surface area contributed by atoms with Crippen molar-refractivity contribution in [2.45, 2.75) is 51.5 Å². The van der Waals surface area contributed by atoms with Gasteiger partial charge in [-0.1, -0.05) is 39.3 Å².